The van der Waals surface area contributed by atoms with E-state index < -0.39 is 58.9 Å². The van der Waals surface area contributed by atoms with Crippen LogP contribution in [-0.2, 0) is 24.2 Å². The molecule has 0 saturated carbocycles. The summed E-state index contributed by atoms with van der Waals surface area (Å²) >= 11 is 0.562. The minimum absolute atomic E-state index is 0.238. The standard InChI is InChI=1S/C18H23NO11S2/c1-2-11(28-17(24)10-6-4-3-5-7-10)8-13(19-30-32(25,26)27)31-18-16(23)15(22)14(21)12(9-20)29-18/h2-7,11-12,14-16,18,20-23H,1,8-9H2,(H,25,26,27)/b19-13-/t11?,12-,14-,15+,16-,18+/m1/s1. The Kier molecular flexibility index (Phi) is 9.60. The summed E-state index contributed by atoms with van der Waals surface area (Å²) in [7, 11) is -4.98. The van der Waals surface area contributed by atoms with Crippen molar-refractivity contribution in [3.8, 4) is 0 Å². The number of rotatable bonds is 9. The maximum atomic E-state index is 12.3. The number of benzene rings is 1. The van der Waals surface area contributed by atoms with Gasteiger partial charge in [0, 0.05) is 6.42 Å². The maximum absolute atomic E-state index is 12.3. The van der Waals surface area contributed by atoms with Gasteiger partial charge < -0.3 is 29.9 Å². The number of carbonyl (C=O) groups excluding carboxylic acids is 1. The van der Waals surface area contributed by atoms with Gasteiger partial charge in [0.15, 0.2) is 0 Å². The number of carbonyl (C=O) groups is 1. The summed E-state index contributed by atoms with van der Waals surface area (Å²) in [5, 5.41) is 42.3. The van der Waals surface area contributed by atoms with Crippen LogP contribution in [0.2, 0.25) is 0 Å². The molecule has 178 valence electrons. The normalized spacial score (nSPS) is 27.4. The molecule has 1 aromatic carbocycles. The monoisotopic (exact) mass is 493 g/mol. The van der Waals surface area contributed by atoms with Gasteiger partial charge in [-0.3, -0.25) is 4.55 Å². The van der Waals surface area contributed by atoms with E-state index in [2.05, 4.69) is 16.0 Å². The van der Waals surface area contributed by atoms with Crippen molar-refractivity contribution in [2.24, 2.45) is 5.16 Å². The summed E-state index contributed by atoms with van der Waals surface area (Å²) in [6.45, 7) is 2.86. The van der Waals surface area contributed by atoms with Gasteiger partial charge in [-0.25, -0.2) is 9.08 Å². The van der Waals surface area contributed by atoms with Crippen LogP contribution in [0, 0.1) is 0 Å². The molecule has 0 aliphatic carbocycles. The second-order valence-corrected chi connectivity index (χ2v) is 8.73. The molecule has 0 spiro atoms. The lowest BCUT2D eigenvalue weighted by Crippen LogP contribution is -2.57. The summed E-state index contributed by atoms with van der Waals surface area (Å²) in [5.41, 5.74) is -1.09. The summed E-state index contributed by atoms with van der Waals surface area (Å²) < 4.78 is 45.3. The Hall–Kier alpha value is -2.04. The topological polar surface area (TPSA) is 192 Å². The molecule has 5 N–H and O–H groups in total. The quantitative estimate of drug-likeness (QED) is 0.0737. The summed E-state index contributed by atoms with van der Waals surface area (Å²) in [6.07, 6.45) is -6.29. The molecule has 1 saturated heterocycles. The van der Waals surface area contributed by atoms with Crippen LogP contribution in [0.3, 0.4) is 0 Å². The molecule has 0 radical (unpaired) electrons. The Morgan fingerprint density at radius 1 is 1.22 bits per heavy atom. The van der Waals surface area contributed by atoms with E-state index in [0.29, 0.717) is 11.8 Å². The van der Waals surface area contributed by atoms with E-state index in [1.165, 1.54) is 18.2 Å². The fourth-order valence-corrected chi connectivity index (χ4v) is 3.96. The molecule has 0 aromatic heterocycles. The van der Waals surface area contributed by atoms with Gasteiger partial charge in [-0.1, -0.05) is 47.8 Å². The number of aliphatic hydroxyl groups is 4. The van der Waals surface area contributed by atoms with Crippen LogP contribution in [-0.4, -0.2) is 87.0 Å². The smallest absolute Gasteiger partial charge is 0.454 e. The van der Waals surface area contributed by atoms with Gasteiger partial charge >= 0.3 is 16.4 Å². The Morgan fingerprint density at radius 2 is 1.88 bits per heavy atom. The first-order valence-corrected chi connectivity index (χ1v) is 11.4. The number of nitrogens with zero attached hydrogens (tertiary/aromatic N) is 1. The highest BCUT2D eigenvalue weighted by atomic mass is 32.3. The van der Waals surface area contributed by atoms with Crippen LogP contribution >= 0.6 is 11.8 Å². The fourth-order valence-electron chi connectivity index (χ4n) is 2.62. The van der Waals surface area contributed by atoms with E-state index in [1.54, 1.807) is 18.2 Å². The molecule has 32 heavy (non-hydrogen) atoms. The molecule has 1 aromatic rings. The van der Waals surface area contributed by atoms with Gasteiger partial charge in [-0.15, -0.1) is 0 Å². The minimum Gasteiger partial charge on any atom is -0.454 e. The number of ether oxygens (including phenoxy) is 2. The maximum Gasteiger partial charge on any atom is 0.466 e. The van der Waals surface area contributed by atoms with E-state index in [4.69, 9.17) is 14.0 Å². The van der Waals surface area contributed by atoms with Crippen LogP contribution < -0.4 is 0 Å². The first-order valence-electron chi connectivity index (χ1n) is 9.14. The lowest BCUT2D eigenvalue weighted by molar-refractivity contribution is -0.205. The molecule has 2 rings (SSSR count). The van der Waals surface area contributed by atoms with Gasteiger partial charge in [0.25, 0.3) is 0 Å². The van der Waals surface area contributed by atoms with Crippen molar-refractivity contribution in [3.63, 3.8) is 0 Å². The average molecular weight is 494 g/mol. The molecular weight excluding hydrogens is 470 g/mol. The Morgan fingerprint density at radius 3 is 2.44 bits per heavy atom. The number of aliphatic hydroxyl groups excluding tert-OH is 4. The molecular formula is C18H23NO11S2. The van der Waals surface area contributed by atoms with Crippen molar-refractivity contribution < 1.29 is 51.9 Å². The molecule has 1 aliphatic rings. The predicted molar refractivity (Wildman–Crippen MR) is 112 cm³/mol. The van der Waals surface area contributed by atoms with E-state index in [1.807, 2.05) is 0 Å². The van der Waals surface area contributed by atoms with Crippen LogP contribution in [0.4, 0.5) is 0 Å². The number of hydrogen-bond acceptors (Lipinski definition) is 12. The third-order valence-corrected chi connectivity index (χ3v) is 5.64. The van der Waals surface area contributed by atoms with Gasteiger partial charge in [0.05, 0.1) is 12.2 Å². The van der Waals surface area contributed by atoms with Crippen molar-refractivity contribution in [3.05, 3.63) is 48.6 Å². The largest absolute Gasteiger partial charge is 0.466 e. The summed E-state index contributed by atoms with van der Waals surface area (Å²) in [6, 6.07) is 7.99. The zero-order valence-electron chi connectivity index (χ0n) is 16.5. The first kappa shape index (κ1) is 26.2. The zero-order chi connectivity index (χ0) is 23.9. The van der Waals surface area contributed by atoms with Crippen molar-refractivity contribution in [1.29, 1.82) is 0 Å². The molecule has 0 bridgehead atoms. The molecule has 14 heteroatoms. The van der Waals surface area contributed by atoms with Gasteiger partial charge in [-0.05, 0) is 12.1 Å². The number of oxime groups is 1. The van der Waals surface area contributed by atoms with Crippen molar-refractivity contribution in [1.82, 2.24) is 0 Å². The number of hydrogen-bond donors (Lipinski definition) is 5. The highest BCUT2D eigenvalue weighted by molar-refractivity contribution is 8.14. The van der Waals surface area contributed by atoms with Crippen LogP contribution in [0.5, 0.6) is 0 Å². The number of esters is 1. The van der Waals surface area contributed by atoms with E-state index >= 15 is 0 Å². The Balaban J connectivity index is 2.18. The fraction of sp³-hybridized carbons (Fsp3) is 0.444. The zero-order valence-corrected chi connectivity index (χ0v) is 18.1. The molecule has 1 heterocycles. The molecule has 1 aliphatic heterocycles. The van der Waals surface area contributed by atoms with Crippen LogP contribution in [0.15, 0.2) is 48.1 Å². The molecule has 6 atom stereocenters. The van der Waals surface area contributed by atoms with E-state index in [9.17, 15) is 33.6 Å². The van der Waals surface area contributed by atoms with E-state index in [-0.39, 0.29) is 17.0 Å². The lowest BCUT2D eigenvalue weighted by Gasteiger charge is -2.39. The highest BCUT2D eigenvalue weighted by Crippen LogP contribution is 2.31. The number of thioether (sulfide) groups is 1. The van der Waals surface area contributed by atoms with Gasteiger partial charge in [-0.2, -0.15) is 8.42 Å². The van der Waals surface area contributed by atoms with Gasteiger partial charge in [0.2, 0.25) is 0 Å². The average Bonchev–Trinajstić information content (AvgIpc) is 2.77. The van der Waals surface area contributed by atoms with Crippen molar-refractivity contribution in [2.45, 2.75) is 42.4 Å². The van der Waals surface area contributed by atoms with Crippen LogP contribution in [0.25, 0.3) is 0 Å². The lowest BCUT2D eigenvalue weighted by atomic mass is 10.0. The van der Waals surface area contributed by atoms with Crippen molar-refractivity contribution >= 4 is 33.2 Å². The Bertz CT molecular complexity index is 907. The summed E-state index contributed by atoms with van der Waals surface area (Å²) in [4.78, 5) is 12.3. The third kappa shape index (κ3) is 7.53. The SMILES string of the molecule is C=CC(C/C(=N/OS(=O)(=O)O)S[C@@H]1O[C@H](CO)[C@@H](O)[C@H](O)[C@H]1O)OC(=O)c1ccccc1. The minimum atomic E-state index is -4.98. The first-order chi connectivity index (χ1) is 15.1. The Labute approximate surface area is 188 Å². The molecule has 12 nitrogen and oxygen atoms in total. The van der Waals surface area contributed by atoms with E-state index in [0.717, 1.165) is 0 Å². The molecule has 1 unspecified atom stereocenters. The second kappa shape index (κ2) is 11.7. The summed E-state index contributed by atoms with van der Waals surface area (Å²) in [5.74, 6) is -0.705. The van der Waals surface area contributed by atoms with Crippen LogP contribution in [0.1, 0.15) is 16.8 Å². The third-order valence-electron chi connectivity index (χ3n) is 4.24. The molecule has 1 fully saturated rings. The molecule has 0 amide bonds. The predicted octanol–water partition coefficient (Wildman–Crippen LogP) is -0.546. The highest BCUT2D eigenvalue weighted by Gasteiger charge is 2.44. The van der Waals surface area contributed by atoms with Crippen molar-refractivity contribution in [2.75, 3.05) is 6.61 Å². The van der Waals surface area contributed by atoms with Gasteiger partial charge in [0.1, 0.15) is 41.0 Å². The second-order valence-electron chi connectivity index (χ2n) is 6.55.